The fourth-order valence-electron chi connectivity index (χ4n) is 26.6. The van der Waals surface area contributed by atoms with Crippen molar-refractivity contribution in [1.82, 2.24) is 42.4 Å². The summed E-state index contributed by atoms with van der Waals surface area (Å²) in [5.74, 6) is 2.17. The lowest BCUT2D eigenvalue weighted by molar-refractivity contribution is -0.524. The van der Waals surface area contributed by atoms with E-state index in [4.69, 9.17) is 4.98 Å². The first-order chi connectivity index (χ1) is 62.6. The summed E-state index contributed by atoms with van der Waals surface area (Å²) in [6, 6.07) is 65.3. The normalized spacial score (nSPS) is 15.4. The third-order valence-electron chi connectivity index (χ3n) is 32.1. The molecule has 27 heterocycles. The molecule has 0 bridgehead atoms. The number of fused-ring (bicyclic) bond motifs is 6. The van der Waals surface area contributed by atoms with E-state index in [-0.39, 0.29) is 0 Å². The van der Waals surface area contributed by atoms with Gasteiger partial charge in [0.05, 0.1) is 48.7 Å². The van der Waals surface area contributed by atoms with Crippen LogP contribution in [0, 0.1) is 41.5 Å². The molecule has 12 aliphatic rings. The Morgan fingerprint density at radius 1 is 0.260 bits per heavy atom. The van der Waals surface area contributed by atoms with Crippen molar-refractivity contribution in [2.75, 3.05) is 0 Å². The van der Waals surface area contributed by atoms with Gasteiger partial charge in [0.15, 0.2) is 50.7 Å². The molecule has 606 valence electrons. The Labute approximate surface area is 735 Å². The van der Waals surface area contributed by atoms with E-state index in [1.165, 1.54) is 317 Å². The molecule has 0 saturated heterocycles. The van der Waals surface area contributed by atoms with Crippen LogP contribution in [-0.4, -0.2) is 42.4 Å². The molecule has 0 radical (unpaired) electrons. The molecule has 0 unspecified atom stereocenters. The number of thioether (sulfide) groups is 2. The number of para-hydroxylation sites is 3. The van der Waals surface area contributed by atoms with Gasteiger partial charge in [0.1, 0.15) is 89.8 Å². The fraction of sp³-hybridized carbons (Fsp3) is 0.209. The summed E-state index contributed by atoms with van der Waals surface area (Å²) in [6.07, 6.45) is 18.4. The molecule has 0 saturated carbocycles. The van der Waals surface area contributed by atoms with Gasteiger partial charge >= 0.3 is 0 Å². The third-order valence-corrected chi connectivity index (χ3v) is 34.4. The number of hydrogen-bond donors (Lipinski definition) is 0. The van der Waals surface area contributed by atoms with Gasteiger partial charge in [-0.2, -0.15) is 26.4 Å². The zero-order valence-electron chi connectivity index (χ0n) is 71.6. The van der Waals surface area contributed by atoms with Gasteiger partial charge < -0.3 is 0 Å². The Morgan fingerprint density at radius 2 is 0.638 bits per heavy atom. The Balaban J connectivity index is 0.0000000728. The number of aromatic nitrogens is 15. The van der Waals surface area contributed by atoms with E-state index in [2.05, 4.69) is 287 Å². The minimum atomic E-state index is 1.01. The Bertz CT molecular complexity index is 8500. The van der Waals surface area contributed by atoms with E-state index >= 15 is 0 Å². The third kappa shape index (κ3) is 8.50. The summed E-state index contributed by atoms with van der Waals surface area (Å²) >= 11 is 3.96. The molecule has 0 atom stereocenters. The molecular weight excluding hydrogens is 1600 g/mol. The van der Waals surface area contributed by atoms with Crippen molar-refractivity contribution >= 4 is 188 Å². The summed E-state index contributed by atoms with van der Waals surface area (Å²) in [6.45, 7) is 19.8. The van der Waals surface area contributed by atoms with Gasteiger partial charge in [0, 0.05) is 219 Å². The van der Waals surface area contributed by atoms with Crippen LogP contribution in [0.15, 0.2) is 211 Å². The number of benzene rings is 9. The molecular formula is C110H85N15S2+6. The van der Waals surface area contributed by atoms with Gasteiger partial charge in [-0.15, -0.1) is 11.8 Å². The minimum absolute atomic E-state index is 1.01. The highest BCUT2D eigenvalue weighted by molar-refractivity contribution is 7.98. The summed E-state index contributed by atoms with van der Waals surface area (Å²) < 4.78 is 30.2. The second-order valence-electron chi connectivity index (χ2n) is 37.8. The van der Waals surface area contributed by atoms with Crippen LogP contribution in [0.2, 0.25) is 0 Å². The quantitative estimate of drug-likeness (QED) is 0.111. The van der Waals surface area contributed by atoms with Gasteiger partial charge in [-0.05, 0) is 49.9 Å². The average Bonchev–Trinajstić information content (AvgIpc) is 1.60. The molecule has 17 heteroatoms. The number of imidazole rings is 6. The highest BCUT2D eigenvalue weighted by atomic mass is 32.2. The molecule has 15 aromatic heterocycles. The van der Waals surface area contributed by atoms with Gasteiger partial charge in [-0.25, -0.2) is 27.4 Å². The van der Waals surface area contributed by atoms with Gasteiger partial charge in [0.25, 0.3) is 33.9 Å². The molecule has 127 heavy (non-hydrogen) atoms. The van der Waals surface area contributed by atoms with Crippen molar-refractivity contribution in [2.24, 2.45) is 0 Å². The first-order valence-electron chi connectivity index (χ1n) is 45.7. The first-order valence-corrected chi connectivity index (χ1v) is 47.7. The van der Waals surface area contributed by atoms with Gasteiger partial charge in [-0.1, -0.05) is 163 Å². The van der Waals surface area contributed by atoms with Crippen molar-refractivity contribution in [3.8, 4) is 0 Å². The highest BCUT2D eigenvalue weighted by Crippen LogP contribution is 2.48. The van der Waals surface area contributed by atoms with Crippen molar-refractivity contribution < 1.29 is 26.4 Å². The van der Waals surface area contributed by atoms with Crippen LogP contribution in [0.4, 0.5) is 0 Å². The average molecular weight is 1680 g/mol. The zero-order chi connectivity index (χ0) is 83.0. The number of hydrogen-bond acceptors (Lipinski definition) is 5. The SMILES string of the molecule is Cc1c2[n+]3c4c(cccc4c4cccc5c4c3n1C5)CCC2.Cc1c2[n+]3c4c(cccc4c4cccc5c4c3n1C5)CS2.Cc1c2[n+]3c4c(cccc4c4cccc5c4c3n1C5)SC2.Cc1c2[n+]3c4c(ccnc4c4cccc5c4c3n1C5)CC2.Cc1c2[n+]3c4c(cncc4c4cccc5c4c3n1C5)CC2.Cc1c2[n+]3c4c(nccc4c4cccc5c4c3n1C5)CC2. The topological polar surface area (TPSA) is 92.8 Å². The van der Waals surface area contributed by atoms with Crippen molar-refractivity contribution in [3.05, 3.63) is 325 Å². The molecule has 12 aliphatic heterocycles. The predicted octanol–water partition coefficient (Wildman–Crippen LogP) is 19.4. The molecule has 0 fully saturated rings. The van der Waals surface area contributed by atoms with E-state index in [1.54, 1.807) is 0 Å². The Kier molecular flexibility index (Phi) is 13.3. The van der Waals surface area contributed by atoms with Crippen LogP contribution in [0.5, 0.6) is 0 Å². The smallest absolute Gasteiger partial charge is 0.263 e. The first kappa shape index (κ1) is 69.7. The fourth-order valence-corrected chi connectivity index (χ4v) is 28.9. The van der Waals surface area contributed by atoms with Crippen molar-refractivity contribution in [3.63, 3.8) is 0 Å². The molecule has 24 aromatic rings. The summed E-state index contributed by atoms with van der Waals surface area (Å²) in [4.78, 5) is 15.3. The predicted molar refractivity (Wildman–Crippen MR) is 505 cm³/mol. The lowest BCUT2D eigenvalue weighted by Gasteiger charge is -2.13. The number of pyridine rings is 9. The lowest BCUT2D eigenvalue weighted by Crippen LogP contribution is -2.31. The second-order valence-corrected chi connectivity index (χ2v) is 39.8. The Hall–Kier alpha value is -13.6. The monoisotopic (exact) mass is 1680 g/mol. The van der Waals surface area contributed by atoms with Crippen LogP contribution < -0.4 is 26.4 Å². The van der Waals surface area contributed by atoms with Gasteiger partial charge in [-0.3, -0.25) is 15.0 Å². The van der Waals surface area contributed by atoms with E-state index in [1.807, 2.05) is 42.1 Å². The van der Waals surface area contributed by atoms with E-state index in [0.717, 1.165) is 89.3 Å². The standard InChI is InChI=1S/C20H17N2.3C18H14N3.2C18H13N2S/c1-12-17-10-4-6-13-5-2-9-16-15-8-3-7-14-11-21(12)20(18(14)15)22(17)19(13)16;1-10-15-6-5-11-7-19-8-14-13-4-2-3-12-9-20(10)18(16(12)13)21(15)17(11)14;1-10-14-6-5-11-7-8-19-16-13-4-2-3-12-9-20(10)18(15(12)13)21(14)17(11)16;1-10-15-6-5-14-17-13(7-8-19-14)12-4-2-3-11-9-20(10)18(16(11)12)21(15)17;1-10-18-20-16-12(9-21-18)5-3-7-14(16)13-6-2-4-11-8-19(10)17(20)15(11)13;1-10-14-9-21-15-7-3-6-13-12-5-2-4-11-8-19(10)18(16(11)12)20(14)17(13)15/h2-3,5,7-9H,4,6,10-11H2,1H3;3*2-4,7-8H,5-6,9H2,1H3;2*2-7H,8-9H2,1H3/q6*+1. The van der Waals surface area contributed by atoms with E-state index < -0.39 is 0 Å². The number of aryl methyl sites for hydroxylation is 8. The van der Waals surface area contributed by atoms with E-state index in [9.17, 15) is 0 Å². The second kappa shape index (κ2) is 24.3. The van der Waals surface area contributed by atoms with Crippen LogP contribution >= 0.6 is 23.5 Å². The van der Waals surface area contributed by atoms with Gasteiger partial charge in [0.2, 0.25) is 5.03 Å². The van der Waals surface area contributed by atoms with Crippen molar-refractivity contribution in [1.29, 1.82) is 0 Å². The summed E-state index contributed by atoms with van der Waals surface area (Å²) in [5.41, 5.74) is 49.8. The summed E-state index contributed by atoms with van der Waals surface area (Å²) in [7, 11) is 0. The van der Waals surface area contributed by atoms with Crippen LogP contribution in [0.1, 0.15) is 130 Å². The van der Waals surface area contributed by atoms with Crippen molar-refractivity contribution in [2.45, 2.75) is 160 Å². The van der Waals surface area contributed by atoms with Crippen LogP contribution in [0.25, 0.3) is 164 Å². The molecule has 9 aromatic carbocycles. The maximum absolute atomic E-state index is 4.74. The molecule has 0 amide bonds. The number of rotatable bonds is 0. The maximum atomic E-state index is 4.74. The van der Waals surface area contributed by atoms with Crippen LogP contribution in [0.3, 0.4) is 0 Å². The molecule has 0 spiro atoms. The maximum Gasteiger partial charge on any atom is 0.296 e. The minimum Gasteiger partial charge on any atom is -0.263 e. The molecule has 36 rings (SSSR count). The lowest BCUT2D eigenvalue weighted by atomic mass is 9.97. The molecule has 15 nitrogen and oxygen atoms in total. The zero-order valence-corrected chi connectivity index (χ0v) is 73.2. The number of nitrogens with zero attached hydrogens (tertiary/aromatic N) is 15. The molecule has 0 N–H and O–H groups in total. The highest BCUT2D eigenvalue weighted by Gasteiger charge is 2.44. The largest absolute Gasteiger partial charge is 0.296 e. The van der Waals surface area contributed by atoms with Crippen LogP contribution in [-0.2, 0) is 102 Å². The summed E-state index contributed by atoms with van der Waals surface area (Å²) in [5, 5.41) is 25.3. The Morgan fingerprint density at radius 3 is 1.19 bits per heavy atom. The molecule has 0 aliphatic carbocycles. The van der Waals surface area contributed by atoms with E-state index in [0.29, 0.717) is 0 Å².